The molecule has 0 fully saturated rings. The molecule has 0 atom stereocenters. The molecule has 1 amide bonds. The van der Waals surface area contributed by atoms with Gasteiger partial charge in [-0.1, -0.05) is 12.1 Å². The van der Waals surface area contributed by atoms with Crippen molar-refractivity contribution in [2.75, 3.05) is 23.1 Å². The van der Waals surface area contributed by atoms with Gasteiger partial charge in [-0.05, 0) is 72.8 Å². The summed E-state index contributed by atoms with van der Waals surface area (Å²) in [5.41, 5.74) is 5.55. The SMILES string of the molecule is COc1ccc2nccc(Nc3cccc(NC(=O)c4cccc(Nc5ccncc5)c4)c3)c2c1. The highest BCUT2D eigenvalue weighted by molar-refractivity contribution is 6.05. The third-order valence-electron chi connectivity index (χ3n) is 5.44. The molecule has 0 unspecified atom stereocenters. The first-order valence-electron chi connectivity index (χ1n) is 11.1. The number of ether oxygens (including phenoxy) is 1. The minimum atomic E-state index is -0.195. The lowest BCUT2D eigenvalue weighted by Gasteiger charge is -2.13. The fourth-order valence-electron chi connectivity index (χ4n) is 3.73. The van der Waals surface area contributed by atoms with E-state index in [0.29, 0.717) is 11.3 Å². The van der Waals surface area contributed by atoms with Crippen LogP contribution in [0.1, 0.15) is 10.4 Å². The van der Waals surface area contributed by atoms with Crippen molar-refractivity contribution in [2.45, 2.75) is 0 Å². The summed E-state index contributed by atoms with van der Waals surface area (Å²) >= 11 is 0. The number of nitrogens with zero attached hydrogens (tertiary/aromatic N) is 2. The maximum atomic E-state index is 12.9. The summed E-state index contributed by atoms with van der Waals surface area (Å²) in [7, 11) is 1.64. The molecule has 0 bridgehead atoms. The van der Waals surface area contributed by atoms with Gasteiger partial charge >= 0.3 is 0 Å². The molecule has 35 heavy (non-hydrogen) atoms. The molecule has 0 radical (unpaired) electrons. The number of methoxy groups -OCH3 is 1. The number of rotatable bonds is 7. The zero-order valence-electron chi connectivity index (χ0n) is 19.0. The fraction of sp³-hybridized carbons (Fsp3) is 0.0357. The lowest BCUT2D eigenvalue weighted by Crippen LogP contribution is -2.12. The van der Waals surface area contributed by atoms with Crippen molar-refractivity contribution < 1.29 is 9.53 Å². The lowest BCUT2D eigenvalue weighted by molar-refractivity contribution is 0.102. The molecular weight excluding hydrogens is 438 g/mol. The quantitative estimate of drug-likeness (QED) is 0.261. The number of benzene rings is 3. The Labute approximate surface area is 202 Å². The first-order chi connectivity index (χ1) is 17.2. The zero-order valence-corrected chi connectivity index (χ0v) is 19.0. The maximum Gasteiger partial charge on any atom is 0.255 e. The predicted molar refractivity (Wildman–Crippen MR) is 140 cm³/mol. The summed E-state index contributed by atoms with van der Waals surface area (Å²) in [6.45, 7) is 0. The molecule has 7 nitrogen and oxygen atoms in total. The van der Waals surface area contributed by atoms with E-state index in [1.807, 2.05) is 78.9 Å². The van der Waals surface area contributed by atoms with Crippen LogP contribution in [0.4, 0.5) is 28.4 Å². The van der Waals surface area contributed by atoms with Gasteiger partial charge in [-0.25, -0.2) is 0 Å². The van der Waals surface area contributed by atoms with Crippen molar-refractivity contribution in [1.29, 1.82) is 0 Å². The average Bonchev–Trinajstić information content (AvgIpc) is 2.89. The van der Waals surface area contributed by atoms with Gasteiger partial charge in [-0.3, -0.25) is 14.8 Å². The molecule has 0 spiro atoms. The molecule has 3 N–H and O–H groups in total. The number of anilines is 5. The highest BCUT2D eigenvalue weighted by Gasteiger charge is 2.09. The van der Waals surface area contributed by atoms with Gasteiger partial charge in [0.1, 0.15) is 5.75 Å². The molecule has 172 valence electrons. The number of carbonyl (C=O) groups excluding carboxylic acids is 1. The number of amides is 1. The number of aromatic nitrogens is 2. The molecule has 2 aromatic heterocycles. The first kappa shape index (κ1) is 21.9. The van der Waals surface area contributed by atoms with Gasteiger partial charge in [0.25, 0.3) is 5.91 Å². The molecule has 0 aliphatic carbocycles. The Morgan fingerprint density at radius 2 is 1.51 bits per heavy atom. The molecular formula is C28H23N5O2. The van der Waals surface area contributed by atoms with Gasteiger partial charge in [0, 0.05) is 58.0 Å². The van der Waals surface area contributed by atoms with Crippen molar-refractivity contribution in [3.8, 4) is 5.75 Å². The third kappa shape index (κ3) is 5.20. The van der Waals surface area contributed by atoms with Gasteiger partial charge in [0.2, 0.25) is 0 Å². The second-order valence-corrected chi connectivity index (χ2v) is 7.84. The van der Waals surface area contributed by atoms with Crippen LogP contribution < -0.4 is 20.7 Å². The summed E-state index contributed by atoms with van der Waals surface area (Å²) in [6, 6.07) is 26.3. The minimum absolute atomic E-state index is 0.195. The van der Waals surface area contributed by atoms with Crippen molar-refractivity contribution in [3.63, 3.8) is 0 Å². The molecule has 0 aliphatic rings. The molecule has 2 heterocycles. The van der Waals surface area contributed by atoms with Crippen LogP contribution in [0.25, 0.3) is 10.9 Å². The summed E-state index contributed by atoms with van der Waals surface area (Å²) in [5.74, 6) is 0.565. The van der Waals surface area contributed by atoms with Gasteiger partial charge in [0.15, 0.2) is 0 Å². The highest BCUT2D eigenvalue weighted by atomic mass is 16.5. The van der Waals surface area contributed by atoms with Crippen molar-refractivity contribution in [2.24, 2.45) is 0 Å². The van der Waals surface area contributed by atoms with Gasteiger partial charge in [-0.2, -0.15) is 0 Å². The number of pyridine rings is 2. The second-order valence-electron chi connectivity index (χ2n) is 7.84. The Hall–Kier alpha value is -4.91. The van der Waals surface area contributed by atoms with E-state index in [1.165, 1.54) is 0 Å². The van der Waals surface area contributed by atoms with Crippen LogP contribution in [0, 0.1) is 0 Å². The van der Waals surface area contributed by atoms with E-state index in [-0.39, 0.29) is 5.91 Å². The van der Waals surface area contributed by atoms with Crippen LogP contribution in [-0.2, 0) is 0 Å². The molecule has 7 heteroatoms. The second kappa shape index (κ2) is 9.93. The topological polar surface area (TPSA) is 88.2 Å². The van der Waals surface area contributed by atoms with Crippen LogP contribution in [0.2, 0.25) is 0 Å². The minimum Gasteiger partial charge on any atom is -0.497 e. The molecule has 3 aromatic carbocycles. The number of nitrogens with one attached hydrogen (secondary N) is 3. The van der Waals surface area contributed by atoms with Gasteiger partial charge in [-0.15, -0.1) is 0 Å². The first-order valence-corrected chi connectivity index (χ1v) is 11.1. The number of hydrogen-bond donors (Lipinski definition) is 3. The van der Waals surface area contributed by atoms with E-state index in [4.69, 9.17) is 4.74 Å². The van der Waals surface area contributed by atoms with Crippen molar-refractivity contribution in [1.82, 2.24) is 9.97 Å². The molecule has 5 aromatic rings. The average molecular weight is 462 g/mol. The third-order valence-corrected chi connectivity index (χ3v) is 5.44. The monoisotopic (exact) mass is 461 g/mol. The standard InChI is InChI=1S/C28H23N5O2/c1-35-24-8-9-26-25(18-24)27(12-15-30-26)32-22-6-3-7-23(17-22)33-28(34)19-4-2-5-21(16-19)31-20-10-13-29-14-11-20/h2-18H,1H3,(H,29,31)(H,30,32)(H,33,34). The number of hydrogen-bond acceptors (Lipinski definition) is 6. The lowest BCUT2D eigenvalue weighted by atomic mass is 10.1. The van der Waals surface area contributed by atoms with Crippen LogP contribution in [-0.4, -0.2) is 23.0 Å². The van der Waals surface area contributed by atoms with Gasteiger partial charge in [0.05, 0.1) is 12.6 Å². The Morgan fingerprint density at radius 3 is 2.34 bits per heavy atom. The molecule has 0 aliphatic heterocycles. The maximum absolute atomic E-state index is 12.9. The molecule has 0 saturated carbocycles. The van der Waals surface area contributed by atoms with Crippen LogP contribution in [0.15, 0.2) is 104 Å². The Morgan fingerprint density at radius 1 is 0.743 bits per heavy atom. The van der Waals surface area contributed by atoms with Crippen LogP contribution in [0.3, 0.4) is 0 Å². The highest BCUT2D eigenvalue weighted by Crippen LogP contribution is 2.29. The fourth-order valence-corrected chi connectivity index (χ4v) is 3.73. The summed E-state index contributed by atoms with van der Waals surface area (Å²) in [4.78, 5) is 21.4. The van der Waals surface area contributed by atoms with E-state index in [2.05, 4.69) is 25.9 Å². The van der Waals surface area contributed by atoms with Crippen molar-refractivity contribution in [3.05, 3.63) is 109 Å². The van der Waals surface area contributed by atoms with E-state index in [9.17, 15) is 4.79 Å². The summed E-state index contributed by atoms with van der Waals surface area (Å²) in [5, 5.41) is 10.6. The molecule has 5 rings (SSSR count). The van der Waals surface area contributed by atoms with Crippen LogP contribution >= 0.6 is 0 Å². The van der Waals surface area contributed by atoms with E-state index in [1.54, 1.807) is 31.8 Å². The van der Waals surface area contributed by atoms with E-state index in [0.717, 1.165) is 39.4 Å². The normalized spacial score (nSPS) is 10.5. The Bertz CT molecular complexity index is 1490. The van der Waals surface area contributed by atoms with Crippen molar-refractivity contribution >= 4 is 45.2 Å². The summed E-state index contributed by atoms with van der Waals surface area (Å²) in [6.07, 6.45) is 5.19. The number of carbonyl (C=O) groups is 1. The van der Waals surface area contributed by atoms with E-state index < -0.39 is 0 Å². The summed E-state index contributed by atoms with van der Waals surface area (Å²) < 4.78 is 5.36. The van der Waals surface area contributed by atoms with Gasteiger partial charge < -0.3 is 20.7 Å². The smallest absolute Gasteiger partial charge is 0.255 e. The van der Waals surface area contributed by atoms with E-state index >= 15 is 0 Å². The number of fused-ring (bicyclic) bond motifs is 1. The molecule has 0 saturated heterocycles. The Balaban J connectivity index is 1.32. The zero-order chi connectivity index (χ0) is 24.0. The van der Waals surface area contributed by atoms with Crippen LogP contribution in [0.5, 0.6) is 5.75 Å². The predicted octanol–water partition coefficient (Wildman–Crippen LogP) is 6.38. The Kier molecular flexibility index (Phi) is 6.21. The largest absolute Gasteiger partial charge is 0.497 e.